The average Bonchev–Trinajstić information content (AvgIpc) is 2.63. The van der Waals surface area contributed by atoms with Crippen LogP contribution in [0.15, 0.2) is 48.5 Å². The maximum Gasteiger partial charge on any atom is 0.277 e. The first-order valence-corrected chi connectivity index (χ1v) is 8.08. The number of nitrogens with two attached hydrogens (primary N) is 4. The molecule has 0 fully saturated rings. The molecule has 0 saturated heterocycles. The van der Waals surface area contributed by atoms with Crippen LogP contribution in [0.5, 0.6) is 0 Å². The number of benzene rings is 3. The highest BCUT2D eigenvalue weighted by molar-refractivity contribution is 6.13. The normalized spacial score (nSPS) is 11.1. The van der Waals surface area contributed by atoms with Crippen molar-refractivity contribution in [2.45, 2.75) is 0 Å². The Bertz CT molecular complexity index is 1190. The molecule has 3 aromatic carbocycles. The van der Waals surface area contributed by atoms with Crippen LogP contribution in [0.25, 0.3) is 32.9 Å². The number of rotatable bonds is 2. The van der Waals surface area contributed by atoms with Crippen molar-refractivity contribution in [1.29, 1.82) is 0 Å². The SMILES string of the molecule is Nc1cc2nc3cc(N)c(N)cc3c(-c3ccccc3[N+](=O)[O-])c2cc1N. The summed E-state index contributed by atoms with van der Waals surface area (Å²) in [4.78, 5) is 15.8. The fourth-order valence-corrected chi connectivity index (χ4v) is 3.24. The summed E-state index contributed by atoms with van der Waals surface area (Å²) < 4.78 is 0. The van der Waals surface area contributed by atoms with E-state index in [-0.39, 0.29) is 5.69 Å². The maximum atomic E-state index is 11.6. The Kier molecular flexibility index (Phi) is 3.48. The number of aromatic nitrogens is 1. The van der Waals surface area contributed by atoms with Gasteiger partial charge in [-0.05, 0) is 30.3 Å². The molecular formula is C19H16N6O2. The van der Waals surface area contributed by atoms with Crippen LogP contribution in [0.1, 0.15) is 0 Å². The van der Waals surface area contributed by atoms with Crippen LogP contribution in [0.2, 0.25) is 0 Å². The molecule has 1 heterocycles. The monoisotopic (exact) mass is 360 g/mol. The van der Waals surface area contributed by atoms with Crippen molar-refractivity contribution in [2.75, 3.05) is 22.9 Å². The Morgan fingerprint density at radius 3 is 1.78 bits per heavy atom. The van der Waals surface area contributed by atoms with Crippen molar-refractivity contribution < 1.29 is 4.92 Å². The van der Waals surface area contributed by atoms with Gasteiger partial charge in [-0.25, -0.2) is 4.98 Å². The minimum atomic E-state index is -0.422. The van der Waals surface area contributed by atoms with Crippen LogP contribution in [-0.2, 0) is 0 Å². The van der Waals surface area contributed by atoms with Gasteiger partial charge >= 0.3 is 0 Å². The largest absolute Gasteiger partial charge is 0.397 e. The number of nitro groups is 1. The Morgan fingerprint density at radius 1 is 0.778 bits per heavy atom. The van der Waals surface area contributed by atoms with Gasteiger partial charge in [0.2, 0.25) is 0 Å². The third-order valence-electron chi connectivity index (χ3n) is 4.55. The van der Waals surface area contributed by atoms with Gasteiger partial charge in [0.15, 0.2) is 0 Å². The van der Waals surface area contributed by atoms with Gasteiger partial charge in [0, 0.05) is 22.4 Å². The van der Waals surface area contributed by atoms with E-state index in [4.69, 9.17) is 22.9 Å². The molecule has 0 aliphatic rings. The second-order valence-electron chi connectivity index (χ2n) is 6.26. The maximum absolute atomic E-state index is 11.6. The molecule has 0 saturated carbocycles. The standard InChI is InChI=1S/C19H16N6O2/c20-12-5-10-16(7-14(12)22)24-17-8-15(23)13(21)6-11(17)19(10)9-3-1-2-4-18(9)25(26)27/h1-8H,20-23H2. The number of hydrogen-bond acceptors (Lipinski definition) is 7. The zero-order valence-electron chi connectivity index (χ0n) is 14.1. The van der Waals surface area contributed by atoms with Gasteiger partial charge in [-0.3, -0.25) is 10.1 Å². The van der Waals surface area contributed by atoms with E-state index >= 15 is 0 Å². The van der Waals surface area contributed by atoms with Gasteiger partial charge < -0.3 is 22.9 Å². The molecule has 0 atom stereocenters. The van der Waals surface area contributed by atoms with Gasteiger partial charge in [-0.1, -0.05) is 12.1 Å². The quantitative estimate of drug-likeness (QED) is 0.184. The number of nitrogens with zero attached hydrogens (tertiary/aromatic N) is 2. The van der Waals surface area contributed by atoms with E-state index in [1.807, 2.05) is 0 Å². The predicted molar refractivity (Wildman–Crippen MR) is 109 cm³/mol. The van der Waals surface area contributed by atoms with Crippen LogP contribution < -0.4 is 22.9 Å². The van der Waals surface area contributed by atoms with E-state index in [0.717, 1.165) is 0 Å². The highest BCUT2D eigenvalue weighted by Gasteiger charge is 2.21. The fourth-order valence-electron chi connectivity index (χ4n) is 3.24. The Hall–Kier alpha value is -4.07. The summed E-state index contributed by atoms with van der Waals surface area (Å²) in [5, 5.41) is 12.9. The Morgan fingerprint density at radius 2 is 1.26 bits per heavy atom. The number of hydrogen-bond donors (Lipinski definition) is 4. The summed E-state index contributed by atoms with van der Waals surface area (Å²) in [6.07, 6.45) is 0. The van der Waals surface area contributed by atoms with Crippen LogP contribution >= 0.6 is 0 Å². The lowest BCUT2D eigenvalue weighted by Gasteiger charge is -2.14. The number of fused-ring (bicyclic) bond motifs is 2. The molecule has 0 unspecified atom stereocenters. The van der Waals surface area contributed by atoms with Crippen LogP contribution in [0.4, 0.5) is 28.4 Å². The smallest absolute Gasteiger partial charge is 0.277 e. The van der Waals surface area contributed by atoms with E-state index in [1.165, 1.54) is 6.07 Å². The van der Waals surface area contributed by atoms with Gasteiger partial charge in [0.25, 0.3) is 5.69 Å². The molecular weight excluding hydrogens is 344 g/mol. The van der Waals surface area contributed by atoms with Gasteiger partial charge in [-0.15, -0.1) is 0 Å². The average molecular weight is 360 g/mol. The summed E-state index contributed by atoms with van der Waals surface area (Å²) in [6, 6.07) is 13.1. The van der Waals surface area contributed by atoms with Crippen molar-refractivity contribution in [3.63, 3.8) is 0 Å². The zero-order chi connectivity index (χ0) is 19.3. The first-order chi connectivity index (χ1) is 12.9. The zero-order valence-corrected chi connectivity index (χ0v) is 14.1. The highest BCUT2D eigenvalue weighted by Crippen LogP contribution is 2.42. The molecule has 134 valence electrons. The minimum absolute atomic E-state index is 0.0305. The molecule has 8 nitrogen and oxygen atoms in total. The first-order valence-electron chi connectivity index (χ1n) is 8.08. The molecule has 0 radical (unpaired) electrons. The van der Waals surface area contributed by atoms with Crippen LogP contribution in [0, 0.1) is 10.1 Å². The van der Waals surface area contributed by atoms with E-state index in [2.05, 4.69) is 4.98 Å². The van der Waals surface area contributed by atoms with E-state index in [1.54, 1.807) is 42.5 Å². The molecule has 0 amide bonds. The fraction of sp³-hybridized carbons (Fsp3) is 0. The van der Waals surface area contributed by atoms with Gasteiger partial charge in [-0.2, -0.15) is 0 Å². The molecule has 0 aliphatic carbocycles. The molecule has 8 heteroatoms. The van der Waals surface area contributed by atoms with Crippen LogP contribution in [0.3, 0.4) is 0 Å². The molecule has 1 aromatic heterocycles. The number of nitrogen functional groups attached to an aromatic ring is 4. The van der Waals surface area contributed by atoms with Crippen molar-refractivity contribution in [1.82, 2.24) is 4.98 Å². The van der Waals surface area contributed by atoms with Crippen LogP contribution in [-0.4, -0.2) is 9.91 Å². The molecule has 27 heavy (non-hydrogen) atoms. The lowest BCUT2D eigenvalue weighted by molar-refractivity contribution is -0.384. The van der Waals surface area contributed by atoms with E-state index < -0.39 is 4.92 Å². The van der Waals surface area contributed by atoms with Crippen molar-refractivity contribution in [3.8, 4) is 11.1 Å². The second kappa shape index (κ2) is 5.73. The van der Waals surface area contributed by atoms with Gasteiger partial charge in [0.05, 0.1) is 44.3 Å². The van der Waals surface area contributed by atoms with Crippen molar-refractivity contribution >= 4 is 50.2 Å². The summed E-state index contributed by atoms with van der Waals surface area (Å²) in [5.41, 5.74) is 27.5. The molecule has 4 rings (SSSR count). The van der Waals surface area contributed by atoms with Crippen molar-refractivity contribution in [3.05, 3.63) is 58.6 Å². The molecule has 0 spiro atoms. The first kappa shape index (κ1) is 16.4. The number of nitro benzene ring substituents is 1. The Labute approximate surface area is 153 Å². The third kappa shape index (κ3) is 2.51. The summed E-state index contributed by atoms with van der Waals surface area (Å²) >= 11 is 0. The van der Waals surface area contributed by atoms with Gasteiger partial charge in [0.1, 0.15) is 0 Å². The lowest BCUT2D eigenvalue weighted by atomic mass is 9.94. The molecule has 0 aliphatic heterocycles. The van der Waals surface area contributed by atoms with E-state index in [9.17, 15) is 10.1 Å². The predicted octanol–water partition coefficient (Wildman–Crippen LogP) is 3.29. The number of para-hydroxylation sites is 1. The number of anilines is 4. The summed E-state index contributed by atoms with van der Waals surface area (Å²) in [7, 11) is 0. The molecule has 4 aromatic rings. The second-order valence-corrected chi connectivity index (χ2v) is 6.26. The summed E-state index contributed by atoms with van der Waals surface area (Å²) in [5.74, 6) is 0. The Balaban J connectivity index is 2.27. The topological polar surface area (TPSA) is 160 Å². The molecule has 8 N–H and O–H groups in total. The lowest BCUT2D eigenvalue weighted by Crippen LogP contribution is -2.00. The van der Waals surface area contributed by atoms with E-state index in [0.29, 0.717) is 55.7 Å². The molecule has 0 bridgehead atoms. The number of pyridine rings is 1. The highest BCUT2D eigenvalue weighted by atomic mass is 16.6. The summed E-state index contributed by atoms with van der Waals surface area (Å²) in [6.45, 7) is 0. The third-order valence-corrected chi connectivity index (χ3v) is 4.55. The van der Waals surface area contributed by atoms with Crippen molar-refractivity contribution in [2.24, 2.45) is 0 Å². The minimum Gasteiger partial charge on any atom is -0.397 e.